The molecule has 0 saturated heterocycles. The molecular weight excluding hydrogens is 392 g/mol. The molecule has 0 unspecified atom stereocenters. The number of carbonyl (C=O) groups excluding carboxylic acids is 4. The minimum atomic E-state index is -0.813. The Labute approximate surface area is 170 Å². The van der Waals surface area contributed by atoms with Crippen molar-refractivity contribution in [2.45, 2.75) is 0 Å². The van der Waals surface area contributed by atoms with Gasteiger partial charge in [-0.2, -0.15) is 0 Å². The smallest absolute Gasteiger partial charge is 0.343 e. The molecule has 0 bridgehead atoms. The molecule has 0 aliphatic carbocycles. The minimum absolute atomic E-state index is 0.0512. The van der Waals surface area contributed by atoms with Crippen LogP contribution in [0.25, 0.3) is 0 Å². The number of hydrogen-bond acceptors (Lipinski definition) is 8. The Hall–Kier alpha value is -4.46. The molecule has 8 nitrogen and oxygen atoms in total. The molecule has 0 fully saturated rings. The Morgan fingerprint density at radius 2 is 1.07 bits per heavy atom. The number of benzene rings is 3. The van der Waals surface area contributed by atoms with E-state index < -0.39 is 23.4 Å². The normalized spacial score (nSPS) is 9.87. The van der Waals surface area contributed by atoms with Crippen molar-refractivity contribution in [2.24, 2.45) is 0 Å². The summed E-state index contributed by atoms with van der Waals surface area (Å²) in [7, 11) is 0. The van der Waals surface area contributed by atoms with Gasteiger partial charge in [-0.15, -0.1) is 0 Å². The summed E-state index contributed by atoms with van der Waals surface area (Å²) in [6, 6.07) is 18.5. The molecule has 0 aliphatic heterocycles. The van der Waals surface area contributed by atoms with Crippen LogP contribution in [0.5, 0.6) is 23.0 Å². The van der Waals surface area contributed by atoms with Crippen LogP contribution in [0, 0.1) is 0 Å². The maximum atomic E-state index is 12.5. The van der Waals surface area contributed by atoms with Gasteiger partial charge in [-0.25, -0.2) is 9.59 Å². The van der Waals surface area contributed by atoms with Crippen molar-refractivity contribution in [3.05, 3.63) is 83.9 Å². The zero-order valence-corrected chi connectivity index (χ0v) is 15.3. The fourth-order valence-corrected chi connectivity index (χ4v) is 2.47. The first-order chi connectivity index (χ1) is 14.6. The average Bonchev–Trinajstić information content (AvgIpc) is 2.78. The second-order valence-corrected chi connectivity index (χ2v) is 5.66. The van der Waals surface area contributed by atoms with Crippen LogP contribution in [0.4, 0.5) is 0 Å². The fourth-order valence-electron chi connectivity index (χ4n) is 2.47. The predicted molar refractivity (Wildman–Crippen MR) is 103 cm³/mol. The molecule has 0 amide bonds. The fraction of sp³-hybridized carbons (Fsp3) is 0. The third kappa shape index (κ3) is 4.68. The van der Waals surface area contributed by atoms with Crippen LogP contribution in [-0.4, -0.2) is 24.9 Å². The Bertz CT molecular complexity index is 1060. The minimum Gasteiger partial charge on any atom is -0.425 e. The van der Waals surface area contributed by atoms with Gasteiger partial charge in [0.05, 0.1) is 11.1 Å². The van der Waals surface area contributed by atoms with Gasteiger partial charge in [-0.1, -0.05) is 36.4 Å². The lowest BCUT2D eigenvalue weighted by Crippen LogP contribution is -2.14. The lowest BCUT2D eigenvalue weighted by Gasteiger charge is -2.15. The summed E-state index contributed by atoms with van der Waals surface area (Å²) in [5, 5.41) is 0. The third-order valence-corrected chi connectivity index (χ3v) is 3.80. The first kappa shape index (κ1) is 20.3. The van der Waals surface area contributed by atoms with Crippen LogP contribution in [0.15, 0.2) is 72.8 Å². The molecule has 30 heavy (non-hydrogen) atoms. The van der Waals surface area contributed by atoms with Crippen molar-refractivity contribution >= 4 is 24.9 Å². The van der Waals surface area contributed by atoms with Crippen LogP contribution >= 0.6 is 0 Å². The molecule has 0 saturated carbocycles. The average molecular weight is 406 g/mol. The Balaban J connectivity index is 2.03. The van der Waals surface area contributed by atoms with Crippen molar-refractivity contribution < 1.29 is 38.1 Å². The summed E-state index contributed by atoms with van der Waals surface area (Å²) in [4.78, 5) is 46.7. The Kier molecular flexibility index (Phi) is 6.52. The first-order valence-corrected chi connectivity index (χ1v) is 8.56. The monoisotopic (exact) mass is 406 g/mol. The van der Waals surface area contributed by atoms with Crippen LogP contribution in [0.3, 0.4) is 0 Å². The van der Waals surface area contributed by atoms with Crippen LogP contribution < -0.4 is 18.9 Å². The number of carbonyl (C=O) groups is 4. The maximum absolute atomic E-state index is 12.5. The van der Waals surface area contributed by atoms with E-state index in [0.29, 0.717) is 0 Å². The van der Waals surface area contributed by atoms with E-state index >= 15 is 0 Å². The van der Waals surface area contributed by atoms with Gasteiger partial charge in [0, 0.05) is 0 Å². The lowest BCUT2D eigenvalue weighted by molar-refractivity contribution is -0.123. The molecule has 3 rings (SSSR count). The van der Waals surface area contributed by atoms with Gasteiger partial charge in [-0.05, 0) is 36.4 Å². The van der Waals surface area contributed by atoms with Gasteiger partial charge in [0.1, 0.15) is 0 Å². The van der Waals surface area contributed by atoms with Crippen LogP contribution in [0.1, 0.15) is 20.7 Å². The molecular formula is C22H14O8. The van der Waals surface area contributed by atoms with E-state index in [1.54, 1.807) is 36.4 Å². The molecule has 0 heterocycles. The third-order valence-electron chi connectivity index (χ3n) is 3.80. The molecule has 150 valence electrons. The quantitative estimate of drug-likeness (QED) is 0.319. The maximum Gasteiger partial charge on any atom is 0.343 e. The van der Waals surface area contributed by atoms with Crippen LogP contribution in [-0.2, 0) is 9.59 Å². The number of rotatable bonds is 8. The van der Waals surface area contributed by atoms with Gasteiger partial charge < -0.3 is 18.9 Å². The molecule has 8 heteroatoms. The van der Waals surface area contributed by atoms with E-state index in [0.717, 1.165) is 0 Å². The lowest BCUT2D eigenvalue weighted by atomic mass is 10.2. The molecule has 0 aliphatic rings. The highest BCUT2D eigenvalue weighted by atomic mass is 16.6. The van der Waals surface area contributed by atoms with Crippen molar-refractivity contribution in [1.29, 1.82) is 0 Å². The summed E-state index contributed by atoms with van der Waals surface area (Å²) in [5.41, 5.74) is 0.431. The van der Waals surface area contributed by atoms with Crippen molar-refractivity contribution in [3.8, 4) is 23.0 Å². The summed E-state index contributed by atoms with van der Waals surface area (Å²) < 4.78 is 20.3. The van der Waals surface area contributed by atoms with Crippen molar-refractivity contribution in [3.63, 3.8) is 0 Å². The van der Waals surface area contributed by atoms with Gasteiger partial charge in [0.25, 0.3) is 12.9 Å². The summed E-state index contributed by atoms with van der Waals surface area (Å²) in [5.74, 6) is -2.80. The summed E-state index contributed by atoms with van der Waals surface area (Å²) in [6.07, 6.45) is 0. The Morgan fingerprint density at radius 1 is 0.567 bits per heavy atom. The van der Waals surface area contributed by atoms with Gasteiger partial charge in [0.15, 0.2) is 11.5 Å². The summed E-state index contributed by atoms with van der Waals surface area (Å²) >= 11 is 0. The number of hydrogen-bond donors (Lipinski definition) is 0. The van der Waals surface area contributed by atoms with Crippen LogP contribution in [0.2, 0.25) is 0 Å². The largest absolute Gasteiger partial charge is 0.425 e. The number of ether oxygens (including phenoxy) is 4. The molecule has 0 atom stereocenters. The Morgan fingerprint density at radius 3 is 1.60 bits per heavy atom. The van der Waals surface area contributed by atoms with E-state index in [1.165, 1.54) is 36.4 Å². The van der Waals surface area contributed by atoms with E-state index in [4.69, 9.17) is 18.9 Å². The first-order valence-electron chi connectivity index (χ1n) is 8.56. The SMILES string of the molecule is O=COc1ccc(OC(=O)c2ccccc2)c(OC(=O)c2ccccc2)c1OC=O. The molecule has 0 N–H and O–H groups in total. The predicted octanol–water partition coefficient (Wildman–Crippen LogP) is 3.20. The molecule has 0 aromatic heterocycles. The second-order valence-electron chi connectivity index (χ2n) is 5.66. The molecule has 3 aromatic carbocycles. The molecule has 0 spiro atoms. The van der Waals surface area contributed by atoms with Gasteiger partial charge in [-0.3, -0.25) is 9.59 Å². The number of esters is 2. The highest BCUT2D eigenvalue weighted by Gasteiger charge is 2.24. The second kappa shape index (κ2) is 9.65. The topological polar surface area (TPSA) is 105 Å². The standard InChI is InChI=1S/C22H14O8/c23-13-27-17-11-12-18(29-21(25)15-7-3-1-4-8-15)20(19(17)28-14-24)30-22(26)16-9-5-2-6-10-16/h1-14H. The van der Waals surface area contributed by atoms with Gasteiger partial charge >= 0.3 is 11.9 Å². The highest BCUT2D eigenvalue weighted by molar-refractivity contribution is 5.94. The molecule has 3 aromatic rings. The summed E-state index contributed by atoms with van der Waals surface area (Å²) in [6.45, 7) is 0.154. The van der Waals surface area contributed by atoms with E-state index in [-0.39, 0.29) is 35.6 Å². The van der Waals surface area contributed by atoms with Crippen molar-refractivity contribution in [2.75, 3.05) is 0 Å². The van der Waals surface area contributed by atoms with E-state index in [2.05, 4.69) is 0 Å². The van der Waals surface area contributed by atoms with Gasteiger partial charge in [0.2, 0.25) is 11.5 Å². The highest BCUT2D eigenvalue weighted by Crippen LogP contribution is 2.45. The van der Waals surface area contributed by atoms with E-state index in [1.807, 2.05) is 0 Å². The van der Waals surface area contributed by atoms with Crippen molar-refractivity contribution in [1.82, 2.24) is 0 Å². The molecule has 0 radical (unpaired) electrons. The zero-order chi connectivity index (χ0) is 21.3. The zero-order valence-electron chi connectivity index (χ0n) is 15.3. The van der Waals surface area contributed by atoms with E-state index in [9.17, 15) is 19.2 Å².